The van der Waals surface area contributed by atoms with E-state index in [1.807, 2.05) is 0 Å². The van der Waals surface area contributed by atoms with Gasteiger partial charge in [-0.2, -0.15) is 0 Å². The van der Waals surface area contributed by atoms with E-state index in [0.717, 1.165) is 19.3 Å². The van der Waals surface area contributed by atoms with E-state index in [1.54, 1.807) is 0 Å². The first-order valence-electron chi connectivity index (χ1n) is 4.77. The molecule has 72 valence electrons. The number of hydrogen-bond acceptors (Lipinski definition) is 2. The highest BCUT2D eigenvalue weighted by atomic mass is 16.3. The molecule has 1 rings (SSSR count). The van der Waals surface area contributed by atoms with Gasteiger partial charge >= 0.3 is 0 Å². The molecule has 0 aromatic carbocycles. The summed E-state index contributed by atoms with van der Waals surface area (Å²) in [4.78, 5) is 0. The van der Waals surface area contributed by atoms with Gasteiger partial charge in [-0.15, -0.1) is 0 Å². The van der Waals surface area contributed by atoms with Crippen molar-refractivity contribution >= 4 is 0 Å². The predicted octanol–water partition coefficient (Wildman–Crippen LogP) is 1.55. The van der Waals surface area contributed by atoms with Gasteiger partial charge in [-0.1, -0.05) is 20.8 Å². The second kappa shape index (κ2) is 3.35. The molecule has 0 aromatic rings. The van der Waals surface area contributed by atoms with Gasteiger partial charge in [-0.3, -0.25) is 0 Å². The molecule has 3 atom stereocenters. The molecule has 0 spiro atoms. The fourth-order valence-corrected chi connectivity index (χ4v) is 1.92. The van der Waals surface area contributed by atoms with E-state index < -0.39 is 12.2 Å². The Bertz CT molecular complexity index is 148. The highest BCUT2D eigenvalue weighted by Gasteiger charge is 2.33. The van der Waals surface area contributed by atoms with Crippen molar-refractivity contribution in [3.05, 3.63) is 0 Å². The van der Waals surface area contributed by atoms with E-state index in [-0.39, 0.29) is 5.41 Å². The molecule has 1 saturated carbocycles. The van der Waals surface area contributed by atoms with Crippen molar-refractivity contribution in [2.45, 2.75) is 52.2 Å². The Balaban J connectivity index is 2.51. The molecule has 0 bridgehead atoms. The van der Waals surface area contributed by atoms with Crippen LogP contribution in [0.2, 0.25) is 0 Å². The number of aliphatic hydroxyl groups is 2. The molecule has 0 aromatic heterocycles. The first-order chi connectivity index (χ1) is 5.41. The Morgan fingerprint density at radius 3 is 2.00 bits per heavy atom. The first kappa shape index (κ1) is 10.0. The minimum Gasteiger partial charge on any atom is -0.390 e. The fraction of sp³-hybridized carbons (Fsp3) is 1.00. The highest BCUT2D eigenvalue weighted by molar-refractivity contribution is 4.85. The zero-order chi connectivity index (χ0) is 9.35. The normalized spacial score (nSPS) is 38.2. The van der Waals surface area contributed by atoms with Crippen LogP contribution < -0.4 is 0 Å². The molecule has 2 nitrogen and oxygen atoms in total. The molecule has 2 N–H and O–H groups in total. The minimum absolute atomic E-state index is 0.265. The molecule has 0 heterocycles. The number of rotatable bonds is 0. The Labute approximate surface area is 74.6 Å². The van der Waals surface area contributed by atoms with Gasteiger partial charge in [-0.25, -0.2) is 0 Å². The van der Waals surface area contributed by atoms with Gasteiger partial charge in [0.1, 0.15) is 0 Å². The third-order valence-electron chi connectivity index (χ3n) is 3.01. The Morgan fingerprint density at radius 2 is 1.58 bits per heavy atom. The number of aliphatic hydroxyl groups excluding tert-OH is 2. The zero-order valence-corrected chi connectivity index (χ0v) is 8.25. The first-order valence-corrected chi connectivity index (χ1v) is 4.77. The SMILES string of the molecule is CC(C)(C)C1CC[C@H](O)[C@H](O)C1. The number of hydrogen-bond donors (Lipinski definition) is 2. The average Bonchev–Trinajstić information content (AvgIpc) is 1.92. The van der Waals surface area contributed by atoms with Gasteiger partial charge in [0.05, 0.1) is 12.2 Å². The van der Waals surface area contributed by atoms with Crippen LogP contribution in [-0.4, -0.2) is 22.4 Å². The summed E-state index contributed by atoms with van der Waals surface area (Å²) >= 11 is 0. The van der Waals surface area contributed by atoms with Crippen molar-refractivity contribution in [3.8, 4) is 0 Å². The summed E-state index contributed by atoms with van der Waals surface area (Å²) in [7, 11) is 0. The molecule has 0 saturated heterocycles. The van der Waals surface area contributed by atoms with Crippen LogP contribution in [0.4, 0.5) is 0 Å². The van der Waals surface area contributed by atoms with Crippen molar-refractivity contribution in [3.63, 3.8) is 0 Å². The third kappa shape index (κ3) is 2.20. The van der Waals surface area contributed by atoms with Crippen LogP contribution >= 0.6 is 0 Å². The van der Waals surface area contributed by atoms with Crippen LogP contribution in [0.5, 0.6) is 0 Å². The molecular formula is C10H20O2. The van der Waals surface area contributed by atoms with Gasteiger partial charge in [0, 0.05) is 0 Å². The Morgan fingerprint density at radius 1 is 1.00 bits per heavy atom. The van der Waals surface area contributed by atoms with Gasteiger partial charge in [0.2, 0.25) is 0 Å². The quantitative estimate of drug-likeness (QED) is 0.582. The van der Waals surface area contributed by atoms with Crippen molar-refractivity contribution < 1.29 is 10.2 Å². The van der Waals surface area contributed by atoms with Crippen molar-refractivity contribution in [1.29, 1.82) is 0 Å². The van der Waals surface area contributed by atoms with E-state index in [1.165, 1.54) is 0 Å². The third-order valence-corrected chi connectivity index (χ3v) is 3.01. The van der Waals surface area contributed by atoms with Gasteiger partial charge in [0.25, 0.3) is 0 Å². The zero-order valence-electron chi connectivity index (χ0n) is 8.25. The fourth-order valence-electron chi connectivity index (χ4n) is 1.92. The van der Waals surface area contributed by atoms with Gasteiger partial charge in [0.15, 0.2) is 0 Å². The summed E-state index contributed by atoms with van der Waals surface area (Å²) in [5.74, 6) is 0.552. The lowest BCUT2D eigenvalue weighted by molar-refractivity contribution is -0.0432. The summed E-state index contributed by atoms with van der Waals surface area (Å²) in [5.41, 5.74) is 0.265. The van der Waals surface area contributed by atoms with Crippen LogP contribution in [0.3, 0.4) is 0 Å². The molecule has 0 amide bonds. The molecule has 1 fully saturated rings. The summed E-state index contributed by atoms with van der Waals surface area (Å²) in [6.07, 6.45) is 1.57. The maximum Gasteiger partial charge on any atom is 0.0801 e. The van der Waals surface area contributed by atoms with Gasteiger partial charge in [-0.05, 0) is 30.6 Å². The van der Waals surface area contributed by atoms with Crippen molar-refractivity contribution in [2.75, 3.05) is 0 Å². The Kier molecular flexibility index (Phi) is 2.79. The summed E-state index contributed by atoms with van der Waals surface area (Å²) in [5, 5.41) is 18.8. The van der Waals surface area contributed by atoms with Crippen LogP contribution in [0.15, 0.2) is 0 Å². The van der Waals surface area contributed by atoms with E-state index in [0.29, 0.717) is 5.92 Å². The molecule has 1 aliphatic rings. The highest BCUT2D eigenvalue weighted by Crippen LogP contribution is 2.37. The molecule has 2 heteroatoms. The van der Waals surface area contributed by atoms with E-state index in [2.05, 4.69) is 20.8 Å². The Hall–Kier alpha value is -0.0800. The molecule has 12 heavy (non-hydrogen) atoms. The lowest BCUT2D eigenvalue weighted by Gasteiger charge is -2.38. The molecular weight excluding hydrogens is 152 g/mol. The molecule has 0 radical (unpaired) electrons. The monoisotopic (exact) mass is 172 g/mol. The average molecular weight is 172 g/mol. The van der Waals surface area contributed by atoms with Gasteiger partial charge < -0.3 is 10.2 Å². The molecule has 1 aliphatic carbocycles. The largest absolute Gasteiger partial charge is 0.390 e. The maximum absolute atomic E-state index is 9.46. The predicted molar refractivity (Wildman–Crippen MR) is 48.8 cm³/mol. The standard InChI is InChI=1S/C10H20O2/c1-10(2,3)7-4-5-8(11)9(12)6-7/h7-9,11-12H,4-6H2,1-3H3/t7?,8-,9+/m0/s1. The van der Waals surface area contributed by atoms with Crippen LogP contribution in [0, 0.1) is 11.3 Å². The van der Waals surface area contributed by atoms with Crippen molar-refractivity contribution in [2.24, 2.45) is 11.3 Å². The lowest BCUT2D eigenvalue weighted by Crippen LogP contribution is -2.37. The van der Waals surface area contributed by atoms with E-state index in [4.69, 9.17) is 0 Å². The van der Waals surface area contributed by atoms with Crippen LogP contribution in [-0.2, 0) is 0 Å². The summed E-state index contributed by atoms with van der Waals surface area (Å²) in [6, 6.07) is 0. The topological polar surface area (TPSA) is 40.5 Å². The van der Waals surface area contributed by atoms with Crippen molar-refractivity contribution in [1.82, 2.24) is 0 Å². The summed E-state index contributed by atoms with van der Waals surface area (Å²) in [6.45, 7) is 6.59. The summed E-state index contributed by atoms with van der Waals surface area (Å²) < 4.78 is 0. The van der Waals surface area contributed by atoms with Crippen LogP contribution in [0.25, 0.3) is 0 Å². The van der Waals surface area contributed by atoms with E-state index in [9.17, 15) is 10.2 Å². The van der Waals surface area contributed by atoms with Crippen LogP contribution in [0.1, 0.15) is 40.0 Å². The molecule has 0 aliphatic heterocycles. The second-order valence-electron chi connectivity index (χ2n) is 5.01. The maximum atomic E-state index is 9.46. The minimum atomic E-state index is -0.497. The smallest absolute Gasteiger partial charge is 0.0801 e. The van der Waals surface area contributed by atoms with E-state index >= 15 is 0 Å². The lowest BCUT2D eigenvalue weighted by atomic mass is 9.71. The molecule has 1 unspecified atom stereocenters. The second-order valence-corrected chi connectivity index (χ2v) is 5.01.